The zero-order valence-corrected chi connectivity index (χ0v) is 19.1. The first-order valence-electron chi connectivity index (χ1n) is 10.7. The molecule has 0 saturated heterocycles. The Bertz CT molecular complexity index is 1260. The molecule has 35 heavy (non-hydrogen) atoms. The summed E-state index contributed by atoms with van der Waals surface area (Å²) < 4.78 is 0. The van der Waals surface area contributed by atoms with E-state index in [1.807, 2.05) is 0 Å². The fourth-order valence-corrected chi connectivity index (χ4v) is 5.56. The summed E-state index contributed by atoms with van der Waals surface area (Å²) in [4.78, 5) is 51.7. The summed E-state index contributed by atoms with van der Waals surface area (Å²) in [5.74, 6) is -9.38. The molecule has 1 fully saturated rings. The van der Waals surface area contributed by atoms with Crippen LogP contribution in [0, 0.1) is 11.8 Å². The van der Waals surface area contributed by atoms with Gasteiger partial charge in [0.15, 0.2) is 11.4 Å². The number of nitrogens with one attached hydrogen (secondary N) is 1. The Hall–Kier alpha value is -3.74. The van der Waals surface area contributed by atoms with Gasteiger partial charge in [0, 0.05) is 24.1 Å². The topological polar surface area (TPSA) is 211 Å². The molecular weight excluding hydrogens is 462 g/mol. The van der Waals surface area contributed by atoms with Crippen LogP contribution in [-0.2, 0) is 25.6 Å². The number of nitrogens with two attached hydrogens (primary N) is 1. The predicted molar refractivity (Wildman–Crippen MR) is 120 cm³/mol. The zero-order valence-electron chi connectivity index (χ0n) is 19.1. The SMILES string of the molecule is CC(=O)Nc1ccc(O)c2c1C[C@H]1C(=C2O)C(=O)[C@@]2(O)C(O)=C(C(N)=O)C(=O)[C@H](N(C)C)[C@H]2[C@@H]1O. The van der Waals surface area contributed by atoms with Crippen molar-refractivity contribution < 1.29 is 44.7 Å². The van der Waals surface area contributed by atoms with Crippen molar-refractivity contribution in [2.45, 2.75) is 31.1 Å². The van der Waals surface area contributed by atoms with Crippen LogP contribution < -0.4 is 11.1 Å². The summed E-state index contributed by atoms with van der Waals surface area (Å²) in [7, 11) is 2.85. The number of phenols is 1. The van der Waals surface area contributed by atoms with E-state index >= 15 is 0 Å². The summed E-state index contributed by atoms with van der Waals surface area (Å²) >= 11 is 0. The van der Waals surface area contributed by atoms with E-state index in [0.29, 0.717) is 0 Å². The number of phenolic OH excluding ortho intramolecular Hbond substituents is 1. The Balaban J connectivity index is 2.02. The number of benzene rings is 1. The second-order valence-corrected chi connectivity index (χ2v) is 9.21. The molecule has 4 rings (SSSR count). The van der Waals surface area contributed by atoms with Crippen molar-refractivity contribution in [3.8, 4) is 5.75 Å². The number of anilines is 1. The molecule has 0 heterocycles. The van der Waals surface area contributed by atoms with Gasteiger partial charge in [-0.3, -0.25) is 24.1 Å². The van der Waals surface area contributed by atoms with E-state index in [4.69, 9.17) is 5.73 Å². The average molecular weight is 487 g/mol. The molecular formula is C23H25N3O9. The highest BCUT2D eigenvalue weighted by Gasteiger charge is 2.67. The van der Waals surface area contributed by atoms with Gasteiger partial charge in [0.25, 0.3) is 5.91 Å². The molecule has 3 aliphatic rings. The third-order valence-electron chi connectivity index (χ3n) is 7.00. The summed E-state index contributed by atoms with van der Waals surface area (Å²) in [6, 6.07) is 1.15. The number of nitrogens with zero attached hydrogens (tertiary/aromatic N) is 1. The first-order chi connectivity index (χ1) is 16.2. The van der Waals surface area contributed by atoms with E-state index in [1.54, 1.807) is 0 Å². The number of carbonyl (C=O) groups is 4. The third-order valence-corrected chi connectivity index (χ3v) is 7.00. The van der Waals surface area contributed by atoms with Crippen molar-refractivity contribution in [2.75, 3.05) is 19.4 Å². The maximum Gasteiger partial charge on any atom is 0.255 e. The Kier molecular flexibility index (Phi) is 5.51. The van der Waals surface area contributed by atoms with Gasteiger partial charge in [-0.1, -0.05) is 0 Å². The quantitative estimate of drug-likeness (QED) is 0.202. The Morgan fingerprint density at radius 3 is 2.34 bits per heavy atom. The summed E-state index contributed by atoms with van der Waals surface area (Å²) in [6.07, 6.45) is -1.86. The number of hydrogen-bond donors (Lipinski definition) is 7. The van der Waals surface area contributed by atoms with Crippen molar-refractivity contribution in [3.05, 3.63) is 40.2 Å². The lowest BCUT2D eigenvalue weighted by Crippen LogP contribution is -2.70. The van der Waals surface area contributed by atoms with Crippen molar-refractivity contribution >= 4 is 34.8 Å². The van der Waals surface area contributed by atoms with Gasteiger partial charge in [-0.15, -0.1) is 0 Å². The fraction of sp³-hybridized carbons (Fsp3) is 0.391. The molecule has 12 nitrogen and oxygen atoms in total. The number of ketones is 2. The van der Waals surface area contributed by atoms with Crippen molar-refractivity contribution in [1.82, 2.24) is 4.90 Å². The van der Waals surface area contributed by atoms with Crippen LogP contribution in [0.3, 0.4) is 0 Å². The third kappa shape index (κ3) is 3.17. The molecule has 1 saturated carbocycles. The van der Waals surface area contributed by atoms with E-state index < -0.39 is 81.4 Å². The molecule has 0 aliphatic heterocycles. The number of hydrogen-bond acceptors (Lipinski definition) is 10. The van der Waals surface area contributed by atoms with Gasteiger partial charge in [-0.25, -0.2) is 0 Å². The van der Waals surface area contributed by atoms with Crippen molar-refractivity contribution in [3.63, 3.8) is 0 Å². The average Bonchev–Trinajstić information content (AvgIpc) is 2.75. The van der Waals surface area contributed by atoms with Crippen LogP contribution in [0.15, 0.2) is 29.0 Å². The monoisotopic (exact) mass is 487 g/mol. The molecule has 2 amide bonds. The highest BCUT2D eigenvalue weighted by atomic mass is 16.4. The van der Waals surface area contributed by atoms with Gasteiger partial charge in [-0.05, 0) is 38.2 Å². The zero-order chi connectivity index (χ0) is 26.1. The van der Waals surface area contributed by atoms with E-state index in [0.717, 1.165) is 0 Å². The van der Waals surface area contributed by atoms with Gasteiger partial charge >= 0.3 is 0 Å². The molecule has 8 N–H and O–H groups in total. The van der Waals surface area contributed by atoms with Gasteiger partial charge in [0.2, 0.25) is 11.7 Å². The maximum absolute atomic E-state index is 13.7. The molecule has 1 aromatic carbocycles. The van der Waals surface area contributed by atoms with E-state index in [9.17, 15) is 44.7 Å². The lowest BCUT2D eigenvalue weighted by molar-refractivity contribution is -0.168. The first-order valence-corrected chi connectivity index (χ1v) is 10.7. The van der Waals surface area contributed by atoms with Gasteiger partial charge in [0.1, 0.15) is 22.8 Å². The van der Waals surface area contributed by atoms with Gasteiger partial charge < -0.3 is 36.6 Å². The van der Waals surface area contributed by atoms with Crippen molar-refractivity contribution in [2.24, 2.45) is 17.6 Å². The lowest BCUT2D eigenvalue weighted by Gasteiger charge is -2.52. The highest BCUT2D eigenvalue weighted by Crippen LogP contribution is 2.53. The minimum Gasteiger partial charge on any atom is -0.508 e. The Morgan fingerprint density at radius 2 is 1.80 bits per heavy atom. The molecule has 0 radical (unpaired) electrons. The maximum atomic E-state index is 13.7. The lowest BCUT2D eigenvalue weighted by atomic mass is 9.56. The van der Waals surface area contributed by atoms with Crippen LogP contribution in [0.4, 0.5) is 5.69 Å². The molecule has 0 spiro atoms. The standard InChI is InChI=1S/C23H25N3O9/c1-7(27)25-10-4-5-11(28)12-8(10)6-9-13(18(12)30)20(32)23(35)15(17(9)29)16(26(2)3)19(31)14(21(23)33)22(24)34/h4-5,9,15-17,28-30,33,35H,6H2,1-3H3,(H2,24,34)(H,25,27)/t9-,15-,16+,17+,23+/m0/s1. The van der Waals surface area contributed by atoms with Crippen LogP contribution in [0.1, 0.15) is 18.1 Å². The summed E-state index contributed by atoms with van der Waals surface area (Å²) in [6.45, 7) is 1.25. The number of fused-ring (bicyclic) bond motifs is 3. The number of Topliss-reactive ketones (excluding diaryl/α,β-unsaturated/α-hetero) is 2. The van der Waals surface area contributed by atoms with Crippen LogP contribution in [0.2, 0.25) is 0 Å². The minimum absolute atomic E-state index is 0.167. The normalized spacial score (nSPS) is 30.1. The molecule has 0 bridgehead atoms. The molecule has 3 aliphatic carbocycles. The fourth-order valence-electron chi connectivity index (χ4n) is 5.56. The minimum atomic E-state index is -2.96. The second-order valence-electron chi connectivity index (χ2n) is 9.21. The highest BCUT2D eigenvalue weighted by molar-refractivity contribution is 6.24. The van der Waals surface area contributed by atoms with Crippen LogP contribution >= 0.6 is 0 Å². The molecule has 186 valence electrons. The number of amides is 2. The van der Waals surface area contributed by atoms with E-state index in [-0.39, 0.29) is 23.2 Å². The molecule has 0 unspecified atom stereocenters. The molecule has 5 atom stereocenters. The number of aliphatic hydroxyl groups is 4. The number of carbonyl (C=O) groups excluding carboxylic acids is 4. The molecule has 0 aromatic heterocycles. The molecule has 1 aromatic rings. The molecule has 12 heteroatoms. The number of likely N-dealkylation sites (N-methyl/N-ethyl adjacent to an activating group) is 1. The van der Waals surface area contributed by atoms with Gasteiger partial charge in [-0.2, -0.15) is 0 Å². The van der Waals surface area contributed by atoms with Gasteiger partial charge in [0.05, 0.1) is 23.6 Å². The van der Waals surface area contributed by atoms with E-state index in [2.05, 4.69) is 5.32 Å². The van der Waals surface area contributed by atoms with Crippen LogP contribution in [0.25, 0.3) is 5.76 Å². The van der Waals surface area contributed by atoms with Crippen LogP contribution in [0.5, 0.6) is 5.75 Å². The van der Waals surface area contributed by atoms with Crippen LogP contribution in [-0.4, -0.2) is 85.7 Å². The number of primary amides is 1. The smallest absolute Gasteiger partial charge is 0.255 e. The Labute approximate surface area is 199 Å². The second kappa shape index (κ2) is 7.90. The number of aromatic hydroxyl groups is 1. The Morgan fingerprint density at radius 1 is 1.17 bits per heavy atom. The van der Waals surface area contributed by atoms with E-state index in [1.165, 1.54) is 38.1 Å². The summed E-state index contributed by atoms with van der Waals surface area (Å²) in [5.41, 5.74) is 1.07. The summed E-state index contributed by atoms with van der Waals surface area (Å²) in [5, 5.41) is 57.8. The number of rotatable bonds is 3. The number of aliphatic hydroxyl groups excluding tert-OH is 3. The van der Waals surface area contributed by atoms with Crippen molar-refractivity contribution in [1.29, 1.82) is 0 Å². The first kappa shape index (κ1) is 24.4. The predicted octanol–water partition coefficient (Wildman–Crippen LogP) is -1.11. The largest absolute Gasteiger partial charge is 0.508 e.